The third-order valence-electron chi connectivity index (χ3n) is 4.23. The summed E-state index contributed by atoms with van der Waals surface area (Å²) in [6, 6.07) is 11.8. The molecule has 6 heteroatoms. The van der Waals surface area contributed by atoms with Gasteiger partial charge in [-0.3, -0.25) is 9.59 Å². The molecule has 0 fully saturated rings. The number of aryl methyl sites for hydroxylation is 1. The van der Waals surface area contributed by atoms with Crippen molar-refractivity contribution in [2.45, 2.75) is 32.4 Å². The topological polar surface area (TPSA) is 61.4 Å². The Morgan fingerprint density at radius 1 is 1.15 bits per heavy atom. The van der Waals surface area contributed by atoms with Gasteiger partial charge in [0, 0.05) is 18.3 Å². The lowest BCUT2D eigenvalue weighted by atomic mass is 10.0. The largest absolute Gasteiger partial charge is 0.354 e. The Morgan fingerprint density at radius 2 is 1.85 bits per heavy atom. The van der Waals surface area contributed by atoms with Crippen LogP contribution in [0.5, 0.6) is 0 Å². The molecule has 2 unspecified atom stereocenters. The Bertz CT molecular complexity index is 711. The average Bonchev–Trinajstić information content (AvgIpc) is 3.08. The first-order chi connectivity index (χ1) is 12.4. The van der Waals surface area contributed by atoms with Gasteiger partial charge < -0.3 is 15.5 Å². The highest BCUT2D eigenvalue weighted by molar-refractivity contribution is 7.10. The molecule has 2 aromatic rings. The second kappa shape index (κ2) is 9.50. The van der Waals surface area contributed by atoms with Gasteiger partial charge in [0.05, 0.1) is 18.5 Å². The minimum absolute atomic E-state index is 0.0762. The summed E-state index contributed by atoms with van der Waals surface area (Å²) in [7, 11) is 4.01. The summed E-state index contributed by atoms with van der Waals surface area (Å²) in [5.41, 5.74) is 2.08. The van der Waals surface area contributed by atoms with Crippen molar-refractivity contribution in [2.75, 3.05) is 20.6 Å². The van der Waals surface area contributed by atoms with Crippen LogP contribution in [0, 0.1) is 6.92 Å². The molecule has 0 aliphatic heterocycles. The molecule has 2 atom stereocenters. The zero-order chi connectivity index (χ0) is 19.1. The highest BCUT2D eigenvalue weighted by atomic mass is 32.1. The smallest absolute Gasteiger partial charge is 0.222 e. The molecule has 0 aliphatic carbocycles. The number of nitrogens with zero attached hydrogens (tertiary/aromatic N) is 1. The van der Waals surface area contributed by atoms with Crippen LogP contribution in [0.2, 0.25) is 0 Å². The number of rotatable bonds is 8. The van der Waals surface area contributed by atoms with Crippen molar-refractivity contribution in [3.63, 3.8) is 0 Å². The van der Waals surface area contributed by atoms with Gasteiger partial charge in [-0.15, -0.1) is 11.3 Å². The van der Waals surface area contributed by atoms with Crippen molar-refractivity contribution in [3.05, 3.63) is 57.8 Å². The van der Waals surface area contributed by atoms with Gasteiger partial charge in [-0.2, -0.15) is 0 Å². The minimum atomic E-state index is -0.326. The van der Waals surface area contributed by atoms with Crippen molar-refractivity contribution in [1.29, 1.82) is 0 Å². The van der Waals surface area contributed by atoms with Gasteiger partial charge in [0.25, 0.3) is 0 Å². The molecule has 0 radical (unpaired) electrons. The molecule has 0 bridgehead atoms. The van der Waals surface area contributed by atoms with Crippen LogP contribution in [0.4, 0.5) is 0 Å². The molecule has 0 saturated heterocycles. The van der Waals surface area contributed by atoms with Gasteiger partial charge in [-0.05, 0) is 38.0 Å². The fourth-order valence-corrected chi connectivity index (χ4v) is 3.71. The van der Waals surface area contributed by atoms with E-state index in [2.05, 4.69) is 21.6 Å². The van der Waals surface area contributed by atoms with Gasteiger partial charge in [0.1, 0.15) is 0 Å². The van der Waals surface area contributed by atoms with E-state index in [-0.39, 0.29) is 30.3 Å². The van der Waals surface area contributed by atoms with E-state index in [1.807, 2.05) is 56.7 Å². The lowest BCUT2D eigenvalue weighted by molar-refractivity contribution is -0.123. The maximum Gasteiger partial charge on any atom is 0.222 e. The number of carbonyl (C=O) groups is 2. The summed E-state index contributed by atoms with van der Waals surface area (Å²) in [5, 5.41) is 7.93. The van der Waals surface area contributed by atoms with E-state index < -0.39 is 0 Å². The Balaban J connectivity index is 2.00. The first-order valence-corrected chi connectivity index (χ1v) is 9.55. The molecular formula is C20H27N3O2S. The van der Waals surface area contributed by atoms with Gasteiger partial charge in [0.2, 0.25) is 11.8 Å². The van der Waals surface area contributed by atoms with Crippen LogP contribution in [0.3, 0.4) is 0 Å². The Hall–Kier alpha value is -2.18. The Kier molecular flexibility index (Phi) is 7.36. The molecule has 1 aromatic heterocycles. The van der Waals surface area contributed by atoms with Crippen LogP contribution in [0.1, 0.15) is 41.4 Å². The van der Waals surface area contributed by atoms with Crippen LogP contribution in [-0.2, 0) is 9.59 Å². The molecule has 26 heavy (non-hydrogen) atoms. The number of thiophene rings is 1. The number of amides is 2. The molecule has 0 saturated carbocycles. The van der Waals surface area contributed by atoms with Crippen molar-refractivity contribution >= 4 is 23.2 Å². The molecule has 2 rings (SSSR count). The van der Waals surface area contributed by atoms with Gasteiger partial charge >= 0.3 is 0 Å². The molecule has 0 spiro atoms. The van der Waals surface area contributed by atoms with Crippen molar-refractivity contribution in [1.82, 2.24) is 15.5 Å². The van der Waals surface area contributed by atoms with Gasteiger partial charge in [0.15, 0.2) is 0 Å². The Morgan fingerprint density at radius 3 is 2.38 bits per heavy atom. The van der Waals surface area contributed by atoms with Gasteiger partial charge in [-0.25, -0.2) is 0 Å². The molecule has 1 aromatic carbocycles. The summed E-state index contributed by atoms with van der Waals surface area (Å²) in [4.78, 5) is 27.3. The molecule has 5 nitrogen and oxygen atoms in total. The van der Waals surface area contributed by atoms with E-state index in [4.69, 9.17) is 0 Å². The van der Waals surface area contributed by atoms with E-state index in [1.54, 1.807) is 11.3 Å². The predicted molar refractivity (Wildman–Crippen MR) is 106 cm³/mol. The van der Waals surface area contributed by atoms with E-state index in [0.29, 0.717) is 6.54 Å². The van der Waals surface area contributed by atoms with E-state index in [1.165, 1.54) is 11.8 Å². The molecule has 1 heterocycles. The molecule has 140 valence electrons. The summed E-state index contributed by atoms with van der Waals surface area (Å²) >= 11 is 1.68. The maximum atomic E-state index is 12.5. The number of hydrogen-bond donors (Lipinski definition) is 2. The van der Waals surface area contributed by atoms with Crippen LogP contribution in [0.15, 0.2) is 41.8 Å². The zero-order valence-corrected chi connectivity index (χ0v) is 16.6. The predicted octanol–water partition coefficient (Wildman–Crippen LogP) is 3.04. The fourth-order valence-electron chi connectivity index (χ4n) is 2.78. The molecule has 2 amide bonds. The maximum absolute atomic E-state index is 12.5. The SMILES string of the molecule is CC(=O)NC(CC(=O)NCC(c1cccs1)N(C)C)c1ccc(C)cc1. The van der Waals surface area contributed by atoms with Crippen molar-refractivity contribution in [3.8, 4) is 0 Å². The van der Waals surface area contributed by atoms with E-state index in [9.17, 15) is 9.59 Å². The highest BCUT2D eigenvalue weighted by Crippen LogP contribution is 2.23. The Labute approximate surface area is 159 Å². The molecule has 0 aliphatic rings. The normalized spacial score (nSPS) is 13.3. The van der Waals surface area contributed by atoms with Gasteiger partial charge in [-0.1, -0.05) is 35.9 Å². The lowest BCUT2D eigenvalue weighted by Gasteiger charge is -2.24. The monoisotopic (exact) mass is 373 g/mol. The van der Waals surface area contributed by atoms with Crippen LogP contribution in [0.25, 0.3) is 0 Å². The second-order valence-corrected chi connectivity index (χ2v) is 7.65. The van der Waals surface area contributed by atoms with Crippen LogP contribution < -0.4 is 10.6 Å². The average molecular weight is 374 g/mol. The van der Waals surface area contributed by atoms with Crippen LogP contribution in [-0.4, -0.2) is 37.4 Å². The lowest BCUT2D eigenvalue weighted by Crippen LogP contribution is -2.37. The molecule has 2 N–H and O–H groups in total. The quantitative estimate of drug-likeness (QED) is 0.748. The summed E-state index contributed by atoms with van der Waals surface area (Å²) in [5.74, 6) is -0.221. The molecular weight excluding hydrogens is 346 g/mol. The number of carbonyl (C=O) groups excluding carboxylic acids is 2. The standard InChI is InChI=1S/C20H27N3O2S/c1-14-7-9-16(10-8-14)17(22-15(2)24)12-20(25)21-13-18(23(3)4)19-6-5-11-26-19/h5-11,17-18H,12-13H2,1-4H3,(H,21,25)(H,22,24). The first-order valence-electron chi connectivity index (χ1n) is 8.67. The fraction of sp³-hybridized carbons (Fsp3) is 0.400. The summed E-state index contributed by atoms with van der Waals surface area (Å²) in [6.45, 7) is 4.01. The summed E-state index contributed by atoms with van der Waals surface area (Å²) in [6.07, 6.45) is 0.216. The zero-order valence-electron chi connectivity index (χ0n) is 15.8. The number of nitrogens with one attached hydrogen (secondary N) is 2. The van der Waals surface area contributed by atoms with Crippen LogP contribution >= 0.6 is 11.3 Å². The minimum Gasteiger partial charge on any atom is -0.354 e. The number of likely N-dealkylation sites (N-methyl/N-ethyl adjacent to an activating group) is 1. The van der Waals surface area contributed by atoms with E-state index in [0.717, 1.165) is 11.1 Å². The summed E-state index contributed by atoms with van der Waals surface area (Å²) < 4.78 is 0. The third kappa shape index (κ3) is 5.97. The van der Waals surface area contributed by atoms with Crippen molar-refractivity contribution in [2.24, 2.45) is 0 Å². The number of benzene rings is 1. The highest BCUT2D eigenvalue weighted by Gasteiger charge is 2.20. The first kappa shape index (κ1) is 20.1. The second-order valence-electron chi connectivity index (χ2n) is 6.67. The third-order valence-corrected chi connectivity index (χ3v) is 5.21. The number of hydrogen-bond acceptors (Lipinski definition) is 4. The van der Waals surface area contributed by atoms with Crippen molar-refractivity contribution < 1.29 is 9.59 Å². The van der Waals surface area contributed by atoms with E-state index >= 15 is 0 Å².